The molecule has 0 amide bonds. The van der Waals surface area contributed by atoms with Gasteiger partial charge in [-0.05, 0) is 61.9 Å². The minimum Gasteiger partial charge on any atom is -0.493 e. The fraction of sp³-hybridized carbons (Fsp3) is 0.294. The zero-order chi connectivity index (χ0) is 28.2. The van der Waals surface area contributed by atoms with Gasteiger partial charge in [0, 0.05) is 29.3 Å². The van der Waals surface area contributed by atoms with E-state index in [0.29, 0.717) is 47.8 Å². The Labute approximate surface area is 235 Å². The molecular formula is C34H35NO5. The number of ether oxygens (including phenoxy) is 3. The molecule has 0 saturated heterocycles. The van der Waals surface area contributed by atoms with Gasteiger partial charge in [-0.1, -0.05) is 66.7 Å². The monoisotopic (exact) mass is 537 g/mol. The standard InChI is InChI=1S/C34H35NO5/c1-21(2)40-34(37)31-22(3)35-27-17-26(24-13-9-6-10-14-24)18-28(36)33(27)32(31)25-15-16-29(30(19-25)38-4)39-20-23-11-7-5-8-12-23/h5-16,19,21,26,32,35H,17-18,20H2,1-4H3/t26-,32+/m1/s1. The number of hydrogen-bond acceptors (Lipinski definition) is 6. The first-order chi connectivity index (χ1) is 19.4. The zero-order valence-corrected chi connectivity index (χ0v) is 23.4. The molecule has 0 bridgehead atoms. The summed E-state index contributed by atoms with van der Waals surface area (Å²) < 4.78 is 17.5. The van der Waals surface area contributed by atoms with Crippen molar-refractivity contribution in [2.75, 3.05) is 7.11 Å². The van der Waals surface area contributed by atoms with E-state index in [1.165, 1.54) is 0 Å². The van der Waals surface area contributed by atoms with Crippen LogP contribution in [0.2, 0.25) is 0 Å². The molecule has 40 heavy (non-hydrogen) atoms. The molecule has 0 saturated carbocycles. The van der Waals surface area contributed by atoms with Crippen LogP contribution >= 0.6 is 0 Å². The Hall–Kier alpha value is -4.32. The second-order valence-corrected chi connectivity index (χ2v) is 10.6. The van der Waals surface area contributed by atoms with Crippen LogP contribution in [0.15, 0.2) is 101 Å². The van der Waals surface area contributed by atoms with Crippen LogP contribution in [-0.4, -0.2) is 25.0 Å². The maximum Gasteiger partial charge on any atom is 0.337 e. The van der Waals surface area contributed by atoms with Crippen LogP contribution in [0.3, 0.4) is 0 Å². The second-order valence-electron chi connectivity index (χ2n) is 10.6. The van der Waals surface area contributed by atoms with Gasteiger partial charge in [-0.25, -0.2) is 4.79 Å². The van der Waals surface area contributed by atoms with Gasteiger partial charge >= 0.3 is 5.97 Å². The first-order valence-electron chi connectivity index (χ1n) is 13.7. The summed E-state index contributed by atoms with van der Waals surface area (Å²) in [4.78, 5) is 27.3. The molecule has 0 spiro atoms. The number of hydrogen-bond donors (Lipinski definition) is 1. The summed E-state index contributed by atoms with van der Waals surface area (Å²) >= 11 is 0. The van der Waals surface area contributed by atoms with Gasteiger partial charge in [-0.2, -0.15) is 0 Å². The van der Waals surface area contributed by atoms with Crippen LogP contribution < -0.4 is 14.8 Å². The normalized spacial score (nSPS) is 18.8. The molecule has 6 nitrogen and oxygen atoms in total. The number of benzene rings is 3. The van der Waals surface area contributed by atoms with Crippen LogP contribution in [0.25, 0.3) is 0 Å². The second kappa shape index (κ2) is 11.8. The third-order valence-electron chi connectivity index (χ3n) is 7.42. The molecule has 206 valence electrons. The summed E-state index contributed by atoms with van der Waals surface area (Å²) in [6.07, 6.45) is 0.764. The van der Waals surface area contributed by atoms with Crippen molar-refractivity contribution in [3.8, 4) is 11.5 Å². The number of ketones is 1. The number of esters is 1. The minimum atomic E-state index is -0.580. The topological polar surface area (TPSA) is 73.9 Å². The molecule has 2 atom stereocenters. The average molecular weight is 538 g/mol. The van der Waals surface area contributed by atoms with E-state index < -0.39 is 11.9 Å². The van der Waals surface area contributed by atoms with Crippen LogP contribution in [0.4, 0.5) is 0 Å². The van der Waals surface area contributed by atoms with Gasteiger partial charge in [0.05, 0.1) is 18.8 Å². The first kappa shape index (κ1) is 27.3. The predicted molar refractivity (Wildman–Crippen MR) is 154 cm³/mol. The molecule has 0 unspecified atom stereocenters. The first-order valence-corrected chi connectivity index (χ1v) is 13.7. The Kier molecular flexibility index (Phi) is 8.06. The van der Waals surface area contributed by atoms with Gasteiger partial charge in [-0.3, -0.25) is 4.79 Å². The van der Waals surface area contributed by atoms with Gasteiger partial charge in [0.1, 0.15) is 6.61 Å². The minimum absolute atomic E-state index is 0.0262. The van der Waals surface area contributed by atoms with Crippen molar-refractivity contribution in [2.24, 2.45) is 0 Å². The van der Waals surface area contributed by atoms with Crippen molar-refractivity contribution in [1.82, 2.24) is 5.32 Å². The number of rotatable bonds is 8. The summed E-state index contributed by atoms with van der Waals surface area (Å²) in [7, 11) is 1.59. The van der Waals surface area contributed by atoms with Gasteiger partial charge in [0.2, 0.25) is 0 Å². The van der Waals surface area contributed by atoms with Crippen molar-refractivity contribution >= 4 is 11.8 Å². The molecule has 5 rings (SSSR count). The maximum atomic E-state index is 13.8. The number of carbonyl (C=O) groups is 2. The largest absolute Gasteiger partial charge is 0.493 e. The third-order valence-corrected chi connectivity index (χ3v) is 7.42. The fourth-order valence-corrected chi connectivity index (χ4v) is 5.60. The molecule has 0 fully saturated rings. The van der Waals surface area contributed by atoms with Crippen LogP contribution in [0, 0.1) is 0 Å². The van der Waals surface area contributed by atoms with Gasteiger partial charge in [0.15, 0.2) is 17.3 Å². The molecule has 2 aliphatic rings. The van der Waals surface area contributed by atoms with E-state index in [-0.39, 0.29) is 17.8 Å². The zero-order valence-electron chi connectivity index (χ0n) is 23.4. The van der Waals surface area contributed by atoms with Crippen molar-refractivity contribution in [3.63, 3.8) is 0 Å². The highest BCUT2D eigenvalue weighted by Gasteiger charge is 2.41. The SMILES string of the molecule is COc1cc([C@H]2C(C(=O)OC(C)C)=C(C)NC3=C2C(=O)C[C@H](c2ccccc2)C3)ccc1OCc1ccccc1. The number of allylic oxidation sites excluding steroid dienone is 3. The molecule has 1 aliphatic heterocycles. The van der Waals surface area contributed by atoms with E-state index in [4.69, 9.17) is 14.2 Å². The quantitative estimate of drug-likeness (QED) is 0.327. The lowest BCUT2D eigenvalue weighted by atomic mass is 9.71. The summed E-state index contributed by atoms with van der Waals surface area (Å²) in [6, 6.07) is 25.6. The van der Waals surface area contributed by atoms with Crippen molar-refractivity contribution < 1.29 is 23.8 Å². The van der Waals surface area contributed by atoms with E-state index in [2.05, 4.69) is 17.4 Å². The Bertz CT molecular complexity index is 1460. The summed E-state index contributed by atoms with van der Waals surface area (Å²) in [5.74, 6) is 0.207. The third kappa shape index (κ3) is 5.67. The highest BCUT2D eigenvalue weighted by Crippen LogP contribution is 2.47. The molecule has 1 aliphatic carbocycles. The molecule has 1 N–H and O–H groups in total. The molecule has 3 aromatic carbocycles. The molecule has 0 radical (unpaired) electrons. The molecular weight excluding hydrogens is 502 g/mol. The number of carbonyl (C=O) groups excluding carboxylic acids is 2. The Balaban J connectivity index is 1.54. The molecule has 6 heteroatoms. The maximum absolute atomic E-state index is 13.8. The Morgan fingerprint density at radius 3 is 2.30 bits per heavy atom. The fourth-order valence-electron chi connectivity index (χ4n) is 5.60. The summed E-state index contributed by atoms with van der Waals surface area (Å²) in [6.45, 7) is 5.91. The van der Waals surface area contributed by atoms with E-state index in [9.17, 15) is 9.59 Å². The van der Waals surface area contributed by atoms with E-state index in [0.717, 1.165) is 22.4 Å². The van der Waals surface area contributed by atoms with Crippen molar-refractivity contribution in [3.05, 3.63) is 118 Å². The number of methoxy groups -OCH3 is 1. The highest BCUT2D eigenvalue weighted by molar-refractivity contribution is 6.04. The lowest BCUT2D eigenvalue weighted by Gasteiger charge is -2.37. The smallest absolute Gasteiger partial charge is 0.337 e. The summed E-state index contributed by atoms with van der Waals surface area (Å²) in [5.41, 5.74) is 5.57. The van der Waals surface area contributed by atoms with E-state index in [1.807, 2.05) is 87.5 Å². The Morgan fingerprint density at radius 2 is 1.62 bits per heavy atom. The summed E-state index contributed by atoms with van der Waals surface area (Å²) in [5, 5.41) is 3.41. The highest BCUT2D eigenvalue weighted by atomic mass is 16.5. The molecule has 3 aromatic rings. The van der Waals surface area contributed by atoms with E-state index >= 15 is 0 Å². The lowest BCUT2D eigenvalue weighted by Crippen LogP contribution is -2.36. The van der Waals surface area contributed by atoms with Gasteiger partial charge in [0.25, 0.3) is 0 Å². The van der Waals surface area contributed by atoms with Crippen LogP contribution in [0.5, 0.6) is 11.5 Å². The lowest BCUT2D eigenvalue weighted by molar-refractivity contribution is -0.143. The average Bonchev–Trinajstić information content (AvgIpc) is 2.95. The number of dihydropyridines is 1. The van der Waals surface area contributed by atoms with Crippen LogP contribution in [-0.2, 0) is 20.9 Å². The molecule has 1 heterocycles. The predicted octanol–water partition coefficient (Wildman–Crippen LogP) is 6.59. The number of nitrogens with one attached hydrogen (secondary N) is 1. The van der Waals surface area contributed by atoms with Crippen molar-refractivity contribution in [1.29, 1.82) is 0 Å². The number of Topliss-reactive ketones (excluding diaryl/α,β-unsaturated/α-hetero) is 1. The van der Waals surface area contributed by atoms with Crippen molar-refractivity contribution in [2.45, 2.75) is 58.2 Å². The van der Waals surface area contributed by atoms with E-state index in [1.54, 1.807) is 7.11 Å². The van der Waals surface area contributed by atoms with Crippen LogP contribution in [0.1, 0.15) is 62.1 Å². The van der Waals surface area contributed by atoms with Gasteiger partial charge < -0.3 is 19.5 Å². The molecule has 0 aromatic heterocycles. The Morgan fingerprint density at radius 1 is 0.925 bits per heavy atom. The van der Waals surface area contributed by atoms with Gasteiger partial charge in [-0.15, -0.1) is 0 Å².